The first-order valence-corrected chi connectivity index (χ1v) is 13.8. The lowest BCUT2D eigenvalue weighted by Crippen LogP contribution is -2.57. The van der Waals surface area contributed by atoms with Gasteiger partial charge in [-0.1, -0.05) is 30.3 Å². The Kier molecular flexibility index (Phi) is 14.5. The number of aliphatic carboxylic acids is 1. The molecule has 2 aromatic rings. The molecule has 3 amide bonds. The zero-order valence-corrected chi connectivity index (χ0v) is 23.5. The number of H-pyrrole nitrogens is 1. The second-order valence-electron chi connectivity index (χ2n) is 9.83. The molecule has 2 rings (SSSR count). The van der Waals surface area contributed by atoms with Crippen LogP contribution in [0.5, 0.6) is 0 Å². The van der Waals surface area contributed by atoms with E-state index in [1.54, 1.807) is 30.5 Å². The highest BCUT2D eigenvalue weighted by atomic mass is 16.4. The van der Waals surface area contributed by atoms with Crippen LogP contribution in [-0.4, -0.2) is 82.0 Å². The number of rotatable bonds is 19. The number of aliphatic imine (C=N–C) groups is 1. The molecule has 0 aliphatic carbocycles. The number of carbonyl (C=O) groups excluding carboxylic acids is 3. The van der Waals surface area contributed by atoms with Gasteiger partial charge in [-0.3, -0.25) is 19.4 Å². The lowest BCUT2D eigenvalue weighted by Gasteiger charge is -2.25. The topological polar surface area (TPSA) is 270 Å². The fraction of sp³-hybridized carbons (Fsp3) is 0.481. The number of amides is 3. The van der Waals surface area contributed by atoms with Crippen molar-refractivity contribution in [2.24, 2.45) is 27.9 Å². The molecule has 4 atom stereocenters. The highest BCUT2D eigenvalue weighted by molar-refractivity contribution is 5.94. The Labute approximate surface area is 244 Å². The van der Waals surface area contributed by atoms with Gasteiger partial charge >= 0.3 is 5.97 Å². The Morgan fingerprint density at radius 3 is 2.14 bits per heavy atom. The second kappa shape index (κ2) is 18.0. The minimum atomic E-state index is -1.24. The molecule has 1 aromatic heterocycles. The molecule has 0 bridgehead atoms. The number of aromatic nitrogens is 2. The summed E-state index contributed by atoms with van der Waals surface area (Å²) < 4.78 is 0. The number of aromatic amines is 1. The maximum Gasteiger partial charge on any atom is 0.326 e. The molecule has 0 aliphatic heterocycles. The Morgan fingerprint density at radius 1 is 0.881 bits per heavy atom. The lowest BCUT2D eigenvalue weighted by atomic mass is 10.0. The summed E-state index contributed by atoms with van der Waals surface area (Å²) in [5.41, 5.74) is 23.7. The van der Waals surface area contributed by atoms with Gasteiger partial charge in [-0.15, -0.1) is 0 Å². The molecule has 0 saturated heterocycles. The van der Waals surface area contributed by atoms with Gasteiger partial charge in [-0.2, -0.15) is 0 Å². The number of carbonyl (C=O) groups is 4. The molecule has 15 nitrogen and oxygen atoms in total. The van der Waals surface area contributed by atoms with E-state index in [-0.39, 0.29) is 38.2 Å². The quantitative estimate of drug-likeness (QED) is 0.0508. The predicted molar refractivity (Wildman–Crippen MR) is 157 cm³/mol. The fourth-order valence-corrected chi connectivity index (χ4v) is 4.13. The number of unbranched alkanes of at least 4 members (excludes halogenated alkanes) is 1. The molecule has 42 heavy (non-hydrogen) atoms. The number of guanidine groups is 1. The van der Waals surface area contributed by atoms with Crippen molar-refractivity contribution < 1.29 is 24.3 Å². The van der Waals surface area contributed by atoms with Crippen LogP contribution < -0.4 is 38.9 Å². The zero-order chi connectivity index (χ0) is 30.9. The average molecular weight is 587 g/mol. The monoisotopic (exact) mass is 586 g/mol. The van der Waals surface area contributed by atoms with Crippen LogP contribution in [0.15, 0.2) is 47.8 Å². The van der Waals surface area contributed by atoms with Gasteiger partial charge in [-0.05, 0) is 44.2 Å². The van der Waals surface area contributed by atoms with Crippen LogP contribution in [0.4, 0.5) is 0 Å². The summed E-state index contributed by atoms with van der Waals surface area (Å²) in [6.07, 6.45) is 5.08. The number of imidazole rings is 1. The van der Waals surface area contributed by atoms with Crippen molar-refractivity contribution in [1.82, 2.24) is 25.9 Å². The van der Waals surface area contributed by atoms with Crippen molar-refractivity contribution in [3.05, 3.63) is 54.1 Å². The molecule has 4 unspecified atom stereocenters. The number of carboxylic acids is 1. The summed E-state index contributed by atoms with van der Waals surface area (Å²) in [7, 11) is 0. The Morgan fingerprint density at radius 2 is 1.52 bits per heavy atom. The van der Waals surface area contributed by atoms with Crippen LogP contribution in [0.2, 0.25) is 0 Å². The number of hydrogen-bond donors (Lipinski definition) is 9. The standard InChI is InChI=1S/C27H42N10O5/c28-11-5-4-9-20(35-23(38)19(29)14-18-15-32-16-34-18)24(39)37-22(13-17-7-2-1-3-8-17)25(40)36-21(26(41)42)10-6-12-33-27(30)31/h1-3,7-8,15-16,19-22H,4-6,9-14,28-29H2,(H,32,34)(H,35,38)(H,36,40)(H,37,39)(H,41,42)(H4,30,31,33). The average Bonchev–Trinajstić information content (AvgIpc) is 3.47. The smallest absolute Gasteiger partial charge is 0.326 e. The van der Waals surface area contributed by atoms with Crippen LogP contribution in [0.25, 0.3) is 0 Å². The lowest BCUT2D eigenvalue weighted by molar-refractivity contribution is -0.142. The third-order valence-electron chi connectivity index (χ3n) is 6.39. The second-order valence-corrected chi connectivity index (χ2v) is 9.83. The molecule has 15 heteroatoms. The third-order valence-corrected chi connectivity index (χ3v) is 6.39. The number of nitrogens with zero attached hydrogens (tertiary/aromatic N) is 2. The maximum atomic E-state index is 13.5. The first-order valence-electron chi connectivity index (χ1n) is 13.8. The third kappa shape index (κ3) is 12.3. The van der Waals surface area contributed by atoms with Gasteiger partial charge in [0.15, 0.2) is 5.96 Å². The Balaban J connectivity index is 2.17. The molecule has 0 saturated carbocycles. The molecular weight excluding hydrogens is 544 g/mol. The van der Waals surface area contributed by atoms with E-state index in [1.807, 2.05) is 6.07 Å². The first-order chi connectivity index (χ1) is 20.1. The van der Waals surface area contributed by atoms with E-state index in [4.69, 9.17) is 22.9 Å². The summed E-state index contributed by atoms with van der Waals surface area (Å²) in [5.74, 6) is -3.20. The van der Waals surface area contributed by atoms with Crippen LogP contribution >= 0.6 is 0 Å². The van der Waals surface area contributed by atoms with E-state index >= 15 is 0 Å². The molecule has 0 spiro atoms. The molecule has 13 N–H and O–H groups in total. The van der Waals surface area contributed by atoms with Gasteiger partial charge in [0.25, 0.3) is 0 Å². The van der Waals surface area contributed by atoms with E-state index in [1.165, 1.54) is 6.33 Å². The molecule has 0 radical (unpaired) electrons. The maximum absolute atomic E-state index is 13.5. The van der Waals surface area contributed by atoms with E-state index in [0.717, 1.165) is 5.56 Å². The molecule has 1 aromatic carbocycles. The summed E-state index contributed by atoms with van der Waals surface area (Å²) in [5, 5.41) is 17.6. The molecular formula is C27H42N10O5. The van der Waals surface area contributed by atoms with Crippen LogP contribution in [0.1, 0.15) is 43.4 Å². The SMILES string of the molecule is NCCCCC(NC(=O)C(N)Cc1cnc[nH]1)C(=O)NC(Cc1ccccc1)C(=O)NC(CCCN=C(N)N)C(=O)O. The summed E-state index contributed by atoms with van der Waals surface area (Å²) in [6.45, 7) is 0.597. The van der Waals surface area contributed by atoms with Crippen molar-refractivity contribution >= 4 is 29.7 Å². The van der Waals surface area contributed by atoms with E-state index < -0.39 is 47.9 Å². The minimum Gasteiger partial charge on any atom is -0.480 e. The van der Waals surface area contributed by atoms with Crippen molar-refractivity contribution in [2.45, 2.75) is 69.1 Å². The number of nitrogens with two attached hydrogens (primary N) is 4. The largest absolute Gasteiger partial charge is 0.480 e. The summed E-state index contributed by atoms with van der Waals surface area (Å²) in [6, 6.07) is 4.63. The number of carboxylic acid groups (broad SMARTS) is 1. The van der Waals surface area contributed by atoms with Crippen LogP contribution in [0, 0.1) is 0 Å². The van der Waals surface area contributed by atoms with Gasteiger partial charge < -0.3 is 49.0 Å². The minimum absolute atomic E-state index is 0.0653. The van der Waals surface area contributed by atoms with Gasteiger partial charge in [0.1, 0.15) is 18.1 Å². The Bertz CT molecular complexity index is 1160. The molecule has 0 fully saturated rings. The highest BCUT2D eigenvalue weighted by Gasteiger charge is 2.30. The van der Waals surface area contributed by atoms with Crippen molar-refractivity contribution in [3.63, 3.8) is 0 Å². The van der Waals surface area contributed by atoms with Gasteiger partial charge in [-0.25, -0.2) is 9.78 Å². The summed E-state index contributed by atoms with van der Waals surface area (Å²) >= 11 is 0. The van der Waals surface area contributed by atoms with E-state index in [0.29, 0.717) is 31.5 Å². The van der Waals surface area contributed by atoms with Crippen molar-refractivity contribution in [1.29, 1.82) is 0 Å². The van der Waals surface area contributed by atoms with Crippen molar-refractivity contribution in [3.8, 4) is 0 Å². The van der Waals surface area contributed by atoms with E-state index in [9.17, 15) is 24.3 Å². The highest BCUT2D eigenvalue weighted by Crippen LogP contribution is 2.08. The number of hydrogen-bond acceptors (Lipinski definition) is 8. The molecule has 0 aliphatic rings. The number of benzene rings is 1. The van der Waals surface area contributed by atoms with Gasteiger partial charge in [0, 0.05) is 31.3 Å². The predicted octanol–water partition coefficient (Wildman–Crippen LogP) is -1.76. The number of nitrogens with one attached hydrogen (secondary N) is 4. The van der Waals surface area contributed by atoms with Gasteiger partial charge in [0.2, 0.25) is 17.7 Å². The fourth-order valence-electron chi connectivity index (χ4n) is 4.13. The van der Waals surface area contributed by atoms with Crippen LogP contribution in [-0.2, 0) is 32.0 Å². The zero-order valence-electron chi connectivity index (χ0n) is 23.5. The van der Waals surface area contributed by atoms with E-state index in [2.05, 4.69) is 30.9 Å². The molecule has 230 valence electrons. The van der Waals surface area contributed by atoms with Crippen molar-refractivity contribution in [2.75, 3.05) is 13.1 Å². The van der Waals surface area contributed by atoms with Crippen LogP contribution in [0.3, 0.4) is 0 Å². The first kappa shape index (κ1) is 33.7. The summed E-state index contributed by atoms with van der Waals surface area (Å²) in [4.78, 5) is 62.1. The molecule has 1 heterocycles. The normalized spacial score (nSPS) is 13.7. The Hall–Kier alpha value is -4.50. The van der Waals surface area contributed by atoms with Gasteiger partial charge in [0.05, 0.1) is 12.4 Å².